The molecule has 5 rings (SSSR count). The van der Waals surface area contributed by atoms with Crippen LogP contribution >= 0.6 is 0 Å². The Morgan fingerprint density at radius 1 is 1.24 bits per heavy atom. The second-order valence-corrected chi connectivity index (χ2v) is 12.8. The normalized spacial score (nSPS) is 36.7. The minimum atomic E-state index is -1.05. The number of fused-ring (bicyclic) bond motifs is 5. The fourth-order valence-corrected chi connectivity index (χ4v) is 9.03. The van der Waals surface area contributed by atoms with Gasteiger partial charge in [-0.25, -0.2) is 0 Å². The number of hydrogen-bond acceptors (Lipinski definition) is 2. The van der Waals surface area contributed by atoms with Crippen LogP contribution in [-0.2, 0) is 4.74 Å². The lowest BCUT2D eigenvalue weighted by Crippen LogP contribution is -2.52. The highest BCUT2D eigenvalue weighted by molar-refractivity contribution is 6.62. The Hall–Kier alpha value is -2.02. The van der Waals surface area contributed by atoms with Crippen molar-refractivity contribution in [2.24, 2.45) is 29.1 Å². The number of aryl methyl sites for hydroxylation is 1. The molecule has 2 fully saturated rings. The van der Waals surface area contributed by atoms with E-state index < -0.39 is 15.1 Å². The zero-order chi connectivity index (χ0) is 24.1. The molecule has 34 heavy (non-hydrogen) atoms. The van der Waals surface area contributed by atoms with Gasteiger partial charge in [-0.05, 0) is 110 Å². The van der Waals surface area contributed by atoms with Crippen LogP contribution in [0.3, 0.4) is 0 Å². The molecule has 1 aromatic carbocycles. The first-order chi connectivity index (χ1) is 16.3. The molecule has 1 N–H and O–H groups in total. The molecule has 0 amide bonds. The summed E-state index contributed by atoms with van der Waals surface area (Å²) >= 11 is 0. The first-order valence-corrected chi connectivity index (χ1v) is 14.7. The van der Waals surface area contributed by atoms with Gasteiger partial charge in [0.15, 0.2) is 5.60 Å². The third kappa shape index (κ3) is 3.66. The maximum Gasteiger partial charge on any atom is 0.151 e. The maximum atomic E-state index is 12.0. The standard InChI is InChI=1S/C31H40O2Si/c1-6-33-24-11-13-25-23(19-24)10-12-27-26(25)14-15-30(5)28(27)18-21(3)31(30,32)16-17-34-29-9-7-8-20(2)22(29)4/h7-10,19,25-28,32H,3,6,11-15,18,34H2,1-2,4-5H3/t25-,26+,27+,28-,30-,31-/m0/s1. The molecule has 0 spiro atoms. The molecular weight excluding hydrogens is 432 g/mol. The van der Waals surface area contributed by atoms with Gasteiger partial charge in [0, 0.05) is 11.8 Å². The second-order valence-electron chi connectivity index (χ2n) is 11.4. The van der Waals surface area contributed by atoms with E-state index in [2.05, 4.69) is 76.1 Å². The van der Waals surface area contributed by atoms with Gasteiger partial charge in [0.2, 0.25) is 0 Å². The Labute approximate surface area is 208 Å². The van der Waals surface area contributed by atoms with Gasteiger partial charge >= 0.3 is 0 Å². The topological polar surface area (TPSA) is 29.5 Å². The van der Waals surface area contributed by atoms with Crippen LogP contribution in [0.1, 0.15) is 63.5 Å². The van der Waals surface area contributed by atoms with Crippen molar-refractivity contribution in [3.8, 4) is 11.5 Å². The minimum absolute atomic E-state index is 0.194. The van der Waals surface area contributed by atoms with Gasteiger partial charge in [-0.15, -0.1) is 5.54 Å². The van der Waals surface area contributed by atoms with Crippen LogP contribution in [0.4, 0.5) is 0 Å². The van der Waals surface area contributed by atoms with Crippen molar-refractivity contribution in [3.63, 3.8) is 0 Å². The van der Waals surface area contributed by atoms with Crippen molar-refractivity contribution in [2.75, 3.05) is 6.61 Å². The third-order valence-electron chi connectivity index (χ3n) is 9.88. The molecule has 0 bridgehead atoms. The molecule has 0 aliphatic heterocycles. The molecule has 6 atom stereocenters. The molecule has 2 saturated carbocycles. The highest BCUT2D eigenvalue weighted by Gasteiger charge is 2.63. The summed E-state index contributed by atoms with van der Waals surface area (Å²) in [7, 11) is -0.753. The summed E-state index contributed by atoms with van der Waals surface area (Å²) in [5, 5.41) is 13.4. The average Bonchev–Trinajstić information content (AvgIpc) is 3.02. The Morgan fingerprint density at radius 3 is 2.85 bits per heavy atom. The van der Waals surface area contributed by atoms with Crippen LogP contribution in [-0.4, -0.2) is 26.8 Å². The number of allylic oxidation sites excluding steroid dienone is 4. The maximum absolute atomic E-state index is 12.0. The highest BCUT2D eigenvalue weighted by atomic mass is 28.2. The molecule has 0 heterocycles. The van der Waals surface area contributed by atoms with Crippen LogP contribution in [0, 0.1) is 54.4 Å². The van der Waals surface area contributed by atoms with Crippen LogP contribution in [0.25, 0.3) is 0 Å². The van der Waals surface area contributed by atoms with Crippen LogP contribution in [0.5, 0.6) is 0 Å². The predicted molar refractivity (Wildman–Crippen MR) is 144 cm³/mol. The first kappa shape index (κ1) is 23.7. The zero-order valence-electron chi connectivity index (χ0n) is 21.4. The third-order valence-corrected chi connectivity index (χ3v) is 11.4. The quantitative estimate of drug-likeness (QED) is 0.379. The van der Waals surface area contributed by atoms with Crippen molar-refractivity contribution in [1.29, 1.82) is 0 Å². The van der Waals surface area contributed by atoms with E-state index in [1.54, 1.807) is 0 Å². The minimum Gasteiger partial charge on any atom is -0.498 e. The van der Waals surface area contributed by atoms with Crippen molar-refractivity contribution in [2.45, 2.75) is 71.8 Å². The van der Waals surface area contributed by atoms with Gasteiger partial charge in [-0.1, -0.05) is 43.7 Å². The fraction of sp³-hybridized carbons (Fsp3) is 0.548. The summed E-state index contributed by atoms with van der Waals surface area (Å²) in [4.78, 5) is 0. The van der Waals surface area contributed by atoms with Crippen molar-refractivity contribution in [3.05, 3.63) is 65.0 Å². The van der Waals surface area contributed by atoms with Gasteiger partial charge in [0.1, 0.15) is 9.52 Å². The average molecular weight is 473 g/mol. The van der Waals surface area contributed by atoms with Crippen LogP contribution < -0.4 is 5.19 Å². The Kier molecular flexibility index (Phi) is 6.19. The predicted octanol–water partition coefficient (Wildman–Crippen LogP) is 5.06. The van der Waals surface area contributed by atoms with E-state index in [1.165, 1.54) is 34.7 Å². The van der Waals surface area contributed by atoms with E-state index in [0.717, 1.165) is 43.6 Å². The van der Waals surface area contributed by atoms with Gasteiger partial charge in [-0.3, -0.25) is 0 Å². The summed E-state index contributed by atoms with van der Waals surface area (Å²) in [5.41, 5.74) is 7.44. The SMILES string of the molecule is C=C1C[C@H]2[C@@H]3CC=C4C=C(OCC)CC[C@@H]4[C@H]3CC[C@]2(C)[C@]1(O)C#C[SiH2]c1cccc(C)c1C. The Morgan fingerprint density at radius 2 is 2.06 bits per heavy atom. The molecule has 180 valence electrons. The van der Waals surface area contributed by atoms with E-state index in [9.17, 15) is 5.11 Å². The molecular formula is C31H40O2Si. The highest BCUT2D eigenvalue weighted by Crippen LogP contribution is 2.65. The summed E-state index contributed by atoms with van der Waals surface area (Å²) in [5.74, 6) is 7.06. The molecule has 3 heteroatoms. The van der Waals surface area contributed by atoms with Gasteiger partial charge in [0.05, 0.1) is 12.4 Å². The Bertz CT molecular complexity index is 1120. The lowest BCUT2D eigenvalue weighted by atomic mass is 9.51. The second kappa shape index (κ2) is 8.88. The monoisotopic (exact) mass is 472 g/mol. The summed E-state index contributed by atoms with van der Waals surface area (Å²) in [6.45, 7) is 13.9. The van der Waals surface area contributed by atoms with Crippen LogP contribution in [0.15, 0.2) is 53.8 Å². The molecule has 0 radical (unpaired) electrons. The smallest absolute Gasteiger partial charge is 0.151 e. The van der Waals surface area contributed by atoms with E-state index in [4.69, 9.17) is 4.74 Å². The lowest BCUT2D eigenvalue weighted by Gasteiger charge is -2.53. The van der Waals surface area contributed by atoms with Gasteiger partial charge in [-0.2, -0.15) is 0 Å². The number of aliphatic hydroxyl groups is 1. The van der Waals surface area contributed by atoms with Crippen LogP contribution in [0.2, 0.25) is 0 Å². The number of ether oxygens (including phenoxy) is 1. The van der Waals surface area contributed by atoms with Crippen molar-refractivity contribution >= 4 is 14.7 Å². The molecule has 0 unspecified atom stereocenters. The van der Waals surface area contributed by atoms with Gasteiger partial charge < -0.3 is 9.84 Å². The van der Waals surface area contributed by atoms with Crippen molar-refractivity contribution in [1.82, 2.24) is 0 Å². The summed E-state index contributed by atoms with van der Waals surface area (Å²) in [6, 6.07) is 6.52. The van der Waals surface area contributed by atoms with Crippen molar-refractivity contribution < 1.29 is 9.84 Å². The molecule has 4 aliphatic rings. The lowest BCUT2D eigenvalue weighted by molar-refractivity contribution is -0.0717. The van der Waals surface area contributed by atoms with E-state index in [-0.39, 0.29) is 5.41 Å². The summed E-state index contributed by atoms with van der Waals surface area (Å²) in [6.07, 6.45) is 11.3. The Balaban J connectivity index is 1.39. The van der Waals surface area contributed by atoms with Gasteiger partial charge in [0.25, 0.3) is 0 Å². The molecule has 1 aromatic rings. The number of rotatable bonds is 3. The largest absolute Gasteiger partial charge is 0.498 e. The molecule has 4 aliphatic carbocycles. The number of hydrogen-bond donors (Lipinski definition) is 1. The van der Waals surface area contributed by atoms with E-state index in [0.29, 0.717) is 23.7 Å². The molecule has 0 saturated heterocycles. The molecule has 0 aromatic heterocycles. The number of benzene rings is 1. The zero-order valence-corrected chi connectivity index (χ0v) is 22.8. The van der Waals surface area contributed by atoms with E-state index in [1.807, 2.05) is 0 Å². The fourth-order valence-electron chi connectivity index (χ4n) is 7.69. The summed E-state index contributed by atoms with van der Waals surface area (Å²) < 4.78 is 5.84. The first-order valence-electron chi connectivity index (χ1n) is 13.3. The molecule has 2 nitrogen and oxygen atoms in total. The van der Waals surface area contributed by atoms with E-state index >= 15 is 0 Å².